The molecule has 2 fully saturated rings. The Kier molecular flexibility index (Phi) is 3.35. The lowest BCUT2D eigenvalue weighted by molar-refractivity contribution is -0.385. The summed E-state index contributed by atoms with van der Waals surface area (Å²) < 4.78 is 10.6. The van der Waals surface area contributed by atoms with E-state index in [0.717, 1.165) is 44.7 Å². The minimum absolute atomic E-state index is 0.0222. The van der Waals surface area contributed by atoms with Gasteiger partial charge in [0.1, 0.15) is 0 Å². The summed E-state index contributed by atoms with van der Waals surface area (Å²) in [5.41, 5.74) is 1.17. The molecule has 108 valence electrons. The lowest BCUT2D eigenvalue weighted by atomic mass is 10.0. The van der Waals surface area contributed by atoms with E-state index < -0.39 is 4.92 Å². The number of benzene rings is 1. The van der Waals surface area contributed by atoms with Gasteiger partial charge in [-0.05, 0) is 24.5 Å². The predicted octanol–water partition coefficient (Wildman–Crippen LogP) is 1.92. The smallest absolute Gasteiger partial charge is 0.310 e. The van der Waals surface area contributed by atoms with Gasteiger partial charge in [-0.3, -0.25) is 15.0 Å². The molecule has 1 aromatic carbocycles. The van der Waals surface area contributed by atoms with Gasteiger partial charge in [-0.2, -0.15) is 0 Å². The minimum atomic E-state index is -0.406. The van der Waals surface area contributed by atoms with Crippen LogP contribution in [0.2, 0.25) is 0 Å². The van der Waals surface area contributed by atoms with Crippen LogP contribution in [0.15, 0.2) is 18.2 Å². The fourth-order valence-electron chi connectivity index (χ4n) is 3.02. The standard InChI is InChI=1S/C14H18N2O4/c1-19-13-10-11(2-3-12(13)16(17)18)14(4-5-14)15-6-8-20-9-7-15/h2-3,10H,4-9H2,1H3. The van der Waals surface area contributed by atoms with Gasteiger partial charge in [0.15, 0.2) is 5.75 Å². The molecule has 1 saturated carbocycles. The minimum Gasteiger partial charge on any atom is -0.490 e. The van der Waals surface area contributed by atoms with Crippen molar-refractivity contribution in [3.8, 4) is 5.75 Å². The van der Waals surface area contributed by atoms with Crippen LogP contribution in [0.5, 0.6) is 5.75 Å². The largest absolute Gasteiger partial charge is 0.490 e. The van der Waals surface area contributed by atoms with Crippen LogP contribution in [0, 0.1) is 10.1 Å². The summed E-state index contributed by atoms with van der Waals surface area (Å²) in [5.74, 6) is 0.340. The Morgan fingerprint density at radius 1 is 1.35 bits per heavy atom. The first-order valence-electron chi connectivity index (χ1n) is 6.83. The summed E-state index contributed by atoms with van der Waals surface area (Å²) in [6.07, 6.45) is 2.18. The van der Waals surface area contributed by atoms with Gasteiger partial charge in [0, 0.05) is 24.7 Å². The molecular formula is C14H18N2O4. The Morgan fingerprint density at radius 2 is 2.05 bits per heavy atom. The van der Waals surface area contributed by atoms with Crippen molar-refractivity contribution in [2.24, 2.45) is 0 Å². The van der Waals surface area contributed by atoms with Crippen molar-refractivity contribution in [1.82, 2.24) is 4.90 Å². The summed E-state index contributed by atoms with van der Waals surface area (Å²) >= 11 is 0. The number of methoxy groups -OCH3 is 1. The number of ether oxygens (including phenoxy) is 2. The van der Waals surface area contributed by atoms with Crippen LogP contribution in [0.4, 0.5) is 5.69 Å². The molecule has 1 aliphatic carbocycles. The van der Waals surface area contributed by atoms with Gasteiger partial charge in [0.25, 0.3) is 0 Å². The number of nitro benzene ring substituents is 1. The normalized spacial score (nSPS) is 21.4. The number of rotatable bonds is 4. The van der Waals surface area contributed by atoms with Crippen LogP contribution in [0.3, 0.4) is 0 Å². The quantitative estimate of drug-likeness (QED) is 0.622. The predicted molar refractivity (Wildman–Crippen MR) is 73.0 cm³/mol. The van der Waals surface area contributed by atoms with Crippen LogP contribution >= 0.6 is 0 Å². The first-order chi connectivity index (χ1) is 9.67. The van der Waals surface area contributed by atoms with E-state index in [1.54, 1.807) is 6.07 Å². The molecule has 6 heteroatoms. The maximum absolute atomic E-state index is 11.0. The molecule has 0 amide bonds. The SMILES string of the molecule is COc1cc(C2(N3CCOCC3)CC2)ccc1[N+](=O)[O-]. The second kappa shape index (κ2) is 5.03. The van der Waals surface area contributed by atoms with Crippen LogP contribution in [-0.4, -0.2) is 43.2 Å². The van der Waals surface area contributed by atoms with Crippen LogP contribution in [0.25, 0.3) is 0 Å². The molecule has 1 aromatic rings. The van der Waals surface area contributed by atoms with Crippen molar-refractivity contribution in [3.05, 3.63) is 33.9 Å². The second-order valence-electron chi connectivity index (χ2n) is 5.27. The number of morpholine rings is 1. The van der Waals surface area contributed by atoms with Gasteiger partial charge >= 0.3 is 5.69 Å². The summed E-state index contributed by atoms with van der Waals surface area (Å²) in [4.78, 5) is 13.0. The molecule has 1 heterocycles. The third-order valence-corrected chi connectivity index (χ3v) is 4.25. The Balaban J connectivity index is 1.92. The highest BCUT2D eigenvalue weighted by atomic mass is 16.6. The van der Waals surface area contributed by atoms with Crippen molar-refractivity contribution in [1.29, 1.82) is 0 Å². The Hall–Kier alpha value is -1.66. The average molecular weight is 278 g/mol. The summed E-state index contributed by atoms with van der Waals surface area (Å²) in [5, 5.41) is 11.0. The zero-order valence-electron chi connectivity index (χ0n) is 11.5. The van der Waals surface area contributed by atoms with Crippen molar-refractivity contribution < 1.29 is 14.4 Å². The van der Waals surface area contributed by atoms with Gasteiger partial charge in [-0.15, -0.1) is 0 Å². The molecule has 3 rings (SSSR count). The molecular weight excluding hydrogens is 260 g/mol. The van der Waals surface area contributed by atoms with E-state index in [0.29, 0.717) is 5.75 Å². The van der Waals surface area contributed by atoms with Crippen LogP contribution in [-0.2, 0) is 10.3 Å². The van der Waals surface area contributed by atoms with Crippen molar-refractivity contribution in [2.45, 2.75) is 18.4 Å². The monoisotopic (exact) mass is 278 g/mol. The number of hydrogen-bond acceptors (Lipinski definition) is 5. The molecule has 6 nitrogen and oxygen atoms in total. The zero-order chi connectivity index (χ0) is 14.2. The molecule has 0 spiro atoms. The van der Waals surface area contributed by atoms with E-state index in [2.05, 4.69) is 4.90 Å². The van der Waals surface area contributed by atoms with E-state index in [1.807, 2.05) is 12.1 Å². The molecule has 0 radical (unpaired) electrons. The Bertz CT molecular complexity index is 522. The van der Waals surface area contributed by atoms with Gasteiger partial charge < -0.3 is 9.47 Å². The van der Waals surface area contributed by atoms with E-state index in [4.69, 9.17) is 9.47 Å². The van der Waals surface area contributed by atoms with Crippen molar-refractivity contribution in [2.75, 3.05) is 33.4 Å². The molecule has 0 aromatic heterocycles. The molecule has 1 aliphatic heterocycles. The van der Waals surface area contributed by atoms with Crippen LogP contribution in [0.1, 0.15) is 18.4 Å². The second-order valence-corrected chi connectivity index (χ2v) is 5.27. The van der Waals surface area contributed by atoms with E-state index in [1.165, 1.54) is 7.11 Å². The Morgan fingerprint density at radius 3 is 2.60 bits per heavy atom. The van der Waals surface area contributed by atoms with Crippen molar-refractivity contribution >= 4 is 5.69 Å². The molecule has 0 atom stereocenters. The summed E-state index contributed by atoms with van der Waals surface area (Å²) in [7, 11) is 1.47. The third kappa shape index (κ3) is 2.14. The lowest BCUT2D eigenvalue weighted by Crippen LogP contribution is -2.43. The van der Waals surface area contributed by atoms with E-state index in [-0.39, 0.29) is 11.2 Å². The highest BCUT2D eigenvalue weighted by Crippen LogP contribution is 2.52. The maximum Gasteiger partial charge on any atom is 0.310 e. The topological polar surface area (TPSA) is 64.8 Å². The number of nitro groups is 1. The maximum atomic E-state index is 11.0. The molecule has 1 saturated heterocycles. The molecule has 0 bridgehead atoms. The Labute approximate surface area is 117 Å². The number of nitrogens with zero attached hydrogens (tertiary/aromatic N) is 2. The van der Waals surface area contributed by atoms with Crippen molar-refractivity contribution in [3.63, 3.8) is 0 Å². The van der Waals surface area contributed by atoms with Gasteiger partial charge in [-0.1, -0.05) is 6.07 Å². The first kappa shape index (κ1) is 13.3. The van der Waals surface area contributed by atoms with Gasteiger partial charge in [0.05, 0.1) is 25.2 Å². The fraction of sp³-hybridized carbons (Fsp3) is 0.571. The molecule has 0 unspecified atom stereocenters. The van der Waals surface area contributed by atoms with E-state index >= 15 is 0 Å². The van der Waals surface area contributed by atoms with Gasteiger partial charge in [-0.25, -0.2) is 0 Å². The summed E-state index contributed by atoms with van der Waals surface area (Å²) in [6.45, 7) is 3.34. The molecule has 0 N–H and O–H groups in total. The molecule has 2 aliphatic rings. The van der Waals surface area contributed by atoms with Crippen LogP contribution < -0.4 is 4.74 Å². The first-order valence-corrected chi connectivity index (χ1v) is 6.83. The highest BCUT2D eigenvalue weighted by molar-refractivity contribution is 5.51. The summed E-state index contributed by atoms with van der Waals surface area (Å²) in [6, 6.07) is 5.23. The average Bonchev–Trinajstić information content (AvgIpc) is 3.29. The third-order valence-electron chi connectivity index (χ3n) is 4.25. The van der Waals surface area contributed by atoms with E-state index in [9.17, 15) is 10.1 Å². The number of hydrogen-bond donors (Lipinski definition) is 0. The highest BCUT2D eigenvalue weighted by Gasteiger charge is 2.50. The molecule has 20 heavy (non-hydrogen) atoms. The van der Waals surface area contributed by atoms with Gasteiger partial charge in [0.2, 0.25) is 0 Å². The lowest BCUT2D eigenvalue weighted by Gasteiger charge is -2.35. The fourth-order valence-corrected chi connectivity index (χ4v) is 3.02. The zero-order valence-corrected chi connectivity index (χ0v) is 11.5.